The van der Waals surface area contributed by atoms with Crippen LogP contribution in [-0.4, -0.2) is 20.7 Å². The first kappa shape index (κ1) is 10.2. The molecule has 1 heterocycles. The molecule has 3 heteroatoms. The first-order valence-electron chi connectivity index (χ1n) is 5.21. The Labute approximate surface area is 89.2 Å². The molecule has 0 saturated carbocycles. The lowest BCUT2D eigenvalue weighted by molar-refractivity contribution is 0.0709. The molecule has 3 nitrogen and oxygen atoms in total. The number of imidazole rings is 1. The van der Waals surface area contributed by atoms with Gasteiger partial charge in [-0.1, -0.05) is 12.1 Å². The number of hydrogen-bond donors (Lipinski definition) is 2. The summed E-state index contributed by atoms with van der Waals surface area (Å²) < 4.78 is 0. The minimum absolute atomic E-state index is 0.626. The molecule has 2 N–H and O–H groups in total. The van der Waals surface area contributed by atoms with Crippen molar-refractivity contribution in [3.8, 4) is 0 Å². The van der Waals surface area contributed by atoms with E-state index in [1.54, 1.807) is 0 Å². The van der Waals surface area contributed by atoms with Crippen LogP contribution in [0.2, 0.25) is 0 Å². The molecule has 0 aliphatic rings. The topological polar surface area (TPSA) is 48.9 Å². The van der Waals surface area contributed by atoms with Gasteiger partial charge >= 0.3 is 0 Å². The lowest BCUT2D eigenvalue weighted by Crippen LogP contribution is -2.19. The Kier molecular flexibility index (Phi) is 2.49. The summed E-state index contributed by atoms with van der Waals surface area (Å²) >= 11 is 0. The summed E-state index contributed by atoms with van der Waals surface area (Å²) in [5.41, 5.74) is 1.42. The van der Waals surface area contributed by atoms with Crippen LogP contribution in [0.5, 0.6) is 0 Å². The van der Waals surface area contributed by atoms with Crippen molar-refractivity contribution < 1.29 is 5.11 Å². The fourth-order valence-electron chi connectivity index (χ4n) is 1.55. The average Bonchev–Trinajstić information content (AvgIpc) is 2.56. The predicted octanol–water partition coefficient (Wildman–Crippen LogP) is 2.27. The van der Waals surface area contributed by atoms with Gasteiger partial charge in [0.1, 0.15) is 5.82 Å². The van der Waals surface area contributed by atoms with Gasteiger partial charge in [-0.3, -0.25) is 0 Å². The molecule has 15 heavy (non-hydrogen) atoms. The van der Waals surface area contributed by atoms with Gasteiger partial charge in [-0.15, -0.1) is 0 Å². The molecule has 1 aromatic heterocycles. The number of aryl methyl sites for hydroxylation is 1. The van der Waals surface area contributed by atoms with Crippen molar-refractivity contribution >= 4 is 11.0 Å². The van der Waals surface area contributed by atoms with Gasteiger partial charge in [0.15, 0.2) is 0 Å². The van der Waals surface area contributed by atoms with Gasteiger partial charge in [0.2, 0.25) is 0 Å². The zero-order valence-corrected chi connectivity index (χ0v) is 9.12. The fraction of sp³-hybridized carbons (Fsp3) is 0.417. The minimum Gasteiger partial charge on any atom is -0.390 e. The summed E-state index contributed by atoms with van der Waals surface area (Å²) in [5, 5.41) is 9.61. The Morgan fingerprint density at radius 3 is 2.73 bits per heavy atom. The van der Waals surface area contributed by atoms with Crippen LogP contribution in [0.15, 0.2) is 24.3 Å². The molecule has 0 aliphatic heterocycles. The quantitative estimate of drug-likeness (QED) is 0.805. The smallest absolute Gasteiger partial charge is 0.107 e. The highest BCUT2D eigenvalue weighted by Crippen LogP contribution is 2.14. The van der Waals surface area contributed by atoms with Crippen LogP contribution in [-0.2, 0) is 6.42 Å². The third-order valence-corrected chi connectivity index (χ3v) is 2.41. The first-order valence-corrected chi connectivity index (χ1v) is 5.21. The van der Waals surface area contributed by atoms with E-state index in [9.17, 15) is 5.11 Å². The van der Waals surface area contributed by atoms with E-state index in [0.29, 0.717) is 6.42 Å². The predicted molar refractivity (Wildman–Crippen MR) is 60.7 cm³/mol. The number of aliphatic hydroxyl groups is 1. The highest BCUT2D eigenvalue weighted by Gasteiger charge is 2.13. The lowest BCUT2D eigenvalue weighted by Gasteiger charge is -2.15. The number of nitrogens with zero attached hydrogens (tertiary/aromatic N) is 1. The molecule has 0 spiro atoms. The number of nitrogens with one attached hydrogen (secondary N) is 1. The Morgan fingerprint density at radius 1 is 1.33 bits per heavy atom. The molecule has 0 atom stereocenters. The van der Waals surface area contributed by atoms with Crippen molar-refractivity contribution in [1.82, 2.24) is 9.97 Å². The number of rotatable bonds is 3. The van der Waals surface area contributed by atoms with Crippen LogP contribution < -0.4 is 0 Å². The van der Waals surface area contributed by atoms with Gasteiger partial charge in [-0.05, 0) is 32.4 Å². The molecular weight excluding hydrogens is 188 g/mol. The van der Waals surface area contributed by atoms with Crippen molar-refractivity contribution in [2.75, 3.05) is 0 Å². The molecule has 2 aromatic rings. The summed E-state index contributed by atoms with van der Waals surface area (Å²) in [6.07, 6.45) is 1.49. The van der Waals surface area contributed by atoms with Gasteiger partial charge < -0.3 is 10.1 Å². The molecule has 0 saturated heterocycles. The highest BCUT2D eigenvalue weighted by atomic mass is 16.3. The molecule has 0 fully saturated rings. The Morgan fingerprint density at radius 2 is 2.07 bits per heavy atom. The molecule has 1 aromatic carbocycles. The molecule has 80 valence electrons. The zero-order valence-electron chi connectivity index (χ0n) is 9.12. The second-order valence-electron chi connectivity index (χ2n) is 4.51. The number of aromatic nitrogens is 2. The summed E-state index contributed by atoms with van der Waals surface area (Å²) in [4.78, 5) is 7.70. The summed E-state index contributed by atoms with van der Waals surface area (Å²) in [5.74, 6) is 0.943. The number of fused-ring (bicyclic) bond motifs is 1. The van der Waals surface area contributed by atoms with Gasteiger partial charge in [0.05, 0.1) is 16.6 Å². The second kappa shape index (κ2) is 3.66. The second-order valence-corrected chi connectivity index (χ2v) is 4.51. The van der Waals surface area contributed by atoms with Crippen LogP contribution in [0.25, 0.3) is 11.0 Å². The Bertz CT molecular complexity index is 421. The summed E-state index contributed by atoms with van der Waals surface area (Å²) in [7, 11) is 0. The van der Waals surface area contributed by atoms with Crippen molar-refractivity contribution in [3.05, 3.63) is 30.1 Å². The van der Waals surface area contributed by atoms with Crippen LogP contribution >= 0.6 is 0 Å². The molecule has 2 rings (SSSR count). The highest BCUT2D eigenvalue weighted by molar-refractivity contribution is 5.74. The molecule has 0 amide bonds. The maximum Gasteiger partial charge on any atom is 0.107 e. The van der Waals surface area contributed by atoms with Crippen molar-refractivity contribution in [3.63, 3.8) is 0 Å². The van der Waals surface area contributed by atoms with Crippen molar-refractivity contribution in [1.29, 1.82) is 0 Å². The van der Waals surface area contributed by atoms with Gasteiger partial charge in [0.25, 0.3) is 0 Å². The third kappa shape index (κ3) is 2.57. The largest absolute Gasteiger partial charge is 0.390 e. The molecule has 0 radical (unpaired) electrons. The standard InChI is InChI=1S/C12H16N2O/c1-12(2,15)8-7-11-13-9-5-3-4-6-10(9)14-11/h3-6,15H,7-8H2,1-2H3,(H,13,14). The number of benzene rings is 1. The number of para-hydroxylation sites is 2. The summed E-state index contributed by atoms with van der Waals surface area (Å²) in [6, 6.07) is 7.96. The average molecular weight is 204 g/mol. The molecule has 0 bridgehead atoms. The van der Waals surface area contributed by atoms with Gasteiger partial charge in [0, 0.05) is 6.42 Å². The first-order chi connectivity index (χ1) is 7.04. The zero-order chi connectivity index (χ0) is 10.9. The maximum absolute atomic E-state index is 9.61. The van der Waals surface area contributed by atoms with E-state index >= 15 is 0 Å². The maximum atomic E-state index is 9.61. The monoisotopic (exact) mass is 204 g/mol. The molecular formula is C12H16N2O. The van der Waals surface area contributed by atoms with Crippen molar-refractivity contribution in [2.45, 2.75) is 32.3 Å². The van der Waals surface area contributed by atoms with Gasteiger partial charge in [-0.25, -0.2) is 4.98 Å². The van der Waals surface area contributed by atoms with Crippen LogP contribution in [0.4, 0.5) is 0 Å². The van der Waals surface area contributed by atoms with Crippen LogP contribution in [0.1, 0.15) is 26.1 Å². The Hall–Kier alpha value is -1.35. The van der Waals surface area contributed by atoms with E-state index in [-0.39, 0.29) is 0 Å². The van der Waals surface area contributed by atoms with E-state index < -0.39 is 5.60 Å². The van der Waals surface area contributed by atoms with E-state index in [0.717, 1.165) is 23.3 Å². The summed E-state index contributed by atoms with van der Waals surface area (Å²) in [6.45, 7) is 3.63. The van der Waals surface area contributed by atoms with Crippen molar-refractivity contribution in [2.24, 2.45) is 0 Å². The van der Waals surface area contributed by atoms with E-state index in [2.05, 4.69) is 9.97 Å². The molecule has 0 unspecified atom stereocenters. The number of aromatic amines is 1. The van der Waals surface area contributed by atoms with E-state index in [4.69, 9.17) is 0 Å². The minimum atomic E-state index is -0.626. The normalized spacial score (nSPS) is 12.2. The number of hydrogen-bond acceptors (Lipinski definition) is 2. The molecule has 0 aliphatic carbocycles. The van der Waals surface area contributed by atoms with E-state index in [1.165, 1.54) is 0 Å². The lowest BCUT2D eigenvalue weighted by atomic mass is 10.0. The van der Waals surface area contributed by atoms with Crippen LogP contribution in [0, 0.1) is 0 Å². The van der Waals surface area contributed by atoms with Gasteiger partial charge in [-0.2, -0.15) is 0 Å². The SMILES string of the molecule is CC(C)(O)CCc1nc2ccccc2[nH]1. The fourth-order valence-corrected chi connectivity index (χ4v) is 1.55. The number of H-pyrrole nitrogens is 1. The van der Waals surface area contributed by atoms with E-state index in [1.807, 2.05) is 38.1 Å². The third-order valence-electron chi connectivity index (χ3n) is 2.41. The van der Waals surface area contributed by atoms with Crippen LogP contribution in [0.3, 0.4) is 0 Å². The Balaban J connectivity index is 2.16.